The van der Waals surface area contributed by atoms with Crippen LogP contribution in [0.1, 0.15) is 20.8 Å². The van der Waals surface area contributed by atoms with E-state index in [4.69, 9.17) is 21.9 Å². The fourth-order valence-electron chi connectivity index (χ4n) is 0.973. The highest BCUT2D eigenvalue weighted by Gasteiger charge is 2.28. The summed E-state index contributed by atoms with van der Waals surface area (Å²) in [5.41, 5.74) is 0.691. The zero-order chi connectivity index (χ0) is 12.8. The SMILES string of the molecule is C#CC(C)OP(=O)(CC(=C)C)OC(C)C#C. The largest absolute Gasteiger partial charge is 0.337 e. The van der Waals surface area contributed by atoms with E-state index in [9.17, 15) is 4.57 Å². The molecule has 0 radical (unpaired) electrons. The first-order valence-electron chi connectivity index (χ1n) is 4.85. The summed E-state index contributed by atoms with van der Waals surface area (Å²) in [7, 11) is -3.31. The molecule has 0 amide bonds. The van der Waals surface area contributed by atoms with Crippen molar-refractivity contribution in [3.63, 3.8) is 0 Å². The van der Waals surface area contributed by atoms with E-state index in [2.05, 4.69) is 18.4 Å². The van der Waals surface area contributed by atoms with E-state index in [0.29, 0.717) is 5.57 Å². The van der Waals surface area contributed by atoms with E-state index in [-0.39, 0.29) is 6.16 Å². The highest BCUT2D eigenvalue weighted by molar-refractivity contribution is 7.54. The van der Waals surface area contributed by atoms with Crippen LogP contribution in [-0.4, -0.2) is 18.4 Å². The van der Waals surface area contributed by atoms with Gasteiger partial charge in [-0.1, -0.05) is 24.0 Å². The summed E-state index contributed by atoms with van der Waals surface area (Å²) in [6.07, 6.45) is 9.26. The van der Waals surface area contributed by atoms with Gasteiger partial charge in [-0.2, -0.15) is 0 Å². The van der Waals surface area contributed by atoms with Gasteiger partial charge in [-0.3, -0.25) is 13.6 Å². The first-order valence-corrected chi connectivity index (χ1v) is 6.58. The van der Waals surface area contributed by atoms with Gasteiger partial charge in [-0.25, -0.2) is 0 Å². The first-order chi connectivity index (χ1) is 7.33. The third-order valence-electron chi connectivity index (χ3n) is 1.57. The molecular formula is C12H17O3P. The lowest BCUT2D eigenvalue weighted by atomic mass is 10.4. The third-order valence-corrected chi connectivity index (χ3v) is 3.77. The van der Waals surface area contributed by atoms with E-state index < -0.39 is 19.8 Å². The number of rotatable bonds is 6. The van der Waals surface area contributed by atoms with Crippen LogP contribution in [0.5, 0.6) is 0 Å². The fourth-order valence-corrected chi connectivity index (χ4v) is 2.92. The van der Waals surface area contributed by atoms with Crippen molar-refractivity contribution in [2.75, 3.05) is 6.16 Å². The van der Waals surface area contributed by atoms with Crippen molar-refractivity contribution in [1.82, 2.24) is 0 Å². The number of hydrogen-bond acceptors (Lipinski definition) is 3. The van der Waals surface area contributed by atoms with Gasteiger partial charge < -0.3 is 0 Å². The maximum atomic E-state index is 12.3. The maximum Gasteiger partial charge on any atom is 0.337 e. The number of allylic oxidation sites excluding steroid dienone is 1. The van der Waals surface area contributed by atoms with Crippen LogP contribution < -0.4 is 0 Å². The zero-order valence-electron chi connectivity index (χ0n) is 9.90. The summed E-state index contributed by atoms with van der Waals surface area (Å²) < 4.78 is 22.7. The van der Waals surface area contributed by atoms with Gasteiger partial charge in [-0.05, 0) is 20.8 Å². The zero-order valence-corrected chi connectivity index (χ0v) is 10.8. The maximum absolute atomic E-state index is 12.3. The second-order valence-electron chi connectivity index (χ2n) is 3.55. The molecule has 0 aliphatic carbocycles. The number of hydrogen-bond donors (Lipinski definition) is 0. The molecule has 0 heterocycles. The Bertz CT molecular complexity index is 347. The normalized spacial score (nSPS) is 17.6. The minimum atomic E-state index is -3.31. The monoisotopic (exact) mass is 240 g/mol. The second kappa shape index (κ2) is 6.56. The number of terminal acetylenes is 2. The standard InChI is InChI=1S/C12H17O3P/c1-7-11(5)14-16(13,9-10(3)4)15-12(6)8-2/h1-2,11-12H,3,9H2,4-6H3. The quantitative estimate of drug-likeness (QED) is 0.407. The molecule has 3 nitrogen and oxygen atoms in total. The molecular weight excluding hydrogens is 223 g/mol. The molecule has 2 atom stereocenters. The molecule has 0 rings (SSSR count). The van der Waals surface area contributed by atoms with Crippen molar-refractivity contribution in [2.24, 2.45) is 0 Å². The topological polar surface area (TPSA) is 35.5 Å². The van der Waals surface area contributed by atoms with E-state index in [1.165, 1.54) is 0 Å². The lowest BCUT2D eigenvalue weighted by Crippen LogP contribution is -2.12. The van der Waals surface area contributed by atoms with Crippen molar-refractivity contribution >= 4 is 7.60 Å². The molecule has 0 spiro atoms. The van der Waals surface area contributed by atoms with Crippen LogP contribution in [0.3, 0.4) is 0 Å². The summed E-state index contributed by atoms with van der Waals surface area (Å²) >= 11 is 0. The van der Waals surface area contributed by atoms with Crippen LogP contribution in [0.4, 0.5) is 0 Å². The van der Waals surface area contributed by atoms with Crippen molar-refractivity contribution in [3.05, 3.63) is 12.2 Å². The Balaban J connectivity index is 4.77. The van der Waals surface area contributed by atoms with Gasteiger partial charge in [0, 0.05) is 0 Å². The lowest BCUT2D eigenvalue weighted by molar-refractivity contribution is 0.173. The van der Waals surface area contributed by atoms with Crippen molar-refractivity contribution in [2.45, 2.75) is 33.0 Å². The summed E-state index contributed by atoms with van der Waals surface area (Å²) in [5.74, 6) is 4.66. The van der Waals surface area contributed by atoms with Crippen LogP contribution >= 0.6 is 7.60 Å². The molecule has 0 saturated carbocycles. The Morgan fingerprint density at radius 2 is 1.69 bits per heavy atom. The van der Waals surface area contributed by atoms with Crippen molar-refractivity contribution in [3.8, 4) is 24.7 Å². The van der Waals surface area contributed by atoms with E-state index in [1.54, 1.807) is 20.8 Å². The van der Waals surface area contributed by atoms with E-state index in [1.807, 2.05) is 0 Å². The smallest absolute Gasteiger partial charge is 0.292 e. The molecule has 0 aromatic rings. The van der Waals surface area contributed by atoms with Gasteiger partial charge in [-0.15, -0.1) is 12.8 Å². The van der Waals surface area contributed by atoms with Gasteiger partial charge >= 0.3 is 7.60 Å². The molecule has 16 heavy (non-hydrogen) atoms. The molecule has 88 valence electrons. The van der Waals surface area contributed by atoms with E-state index in [0.717, 1.165) is 0 Å². The van der Waals surface area contributed by atoms with Gasteiger partial charge in [0.05, 0.1) is 6.16 Å². The summed E-state index contributed by atoms with van der Waals surface area (Å²) in [4.78, 5) is 0. The minimum absolute atomic E-state index is 0.116. The Labute approximate surface area is 97.8 Å². The van der Waals surface area contributed by atoms with Gasteiger partial charge in [0.2, 0.25) is 0 Å². The Morgan fingerprint density at radius 3 is 1.94 bits per heavy atom. The molecule has 0 aliphatic rings. The predicted molar refractivity (Wildman–Crippen MR) is 66.0 cm³/mol. The molecule has 4 heteroatoms. The Kier molecular flexibility index (Phi) is 6.16. The Hall–Kier alpha value is -0.990. The van der Waals surface area contributed by atoms with Gasteiger partial charge in [0.15, 0.2) is 0 Å². The van der Waals surface area contributed by atoms with Crippen LogP contribution in [0.15, 0.2) is 12.2 Å². The summed E-state index contributed by atoms with van der Waals surface area (Å²) in [6.45, 7) is 8.65. The highest BCUT2D eigenvalue weighted by Crippen LogP contribution is 2.51. The minimum Gasteiger partial charge on any atom is -0.292 e. The second-order valence-corrected chi connectivity index (χ2v) is 5.51. The summed E-state index contributed by atoms with van der Waals surface area (Å²) in [6, 6.07) is 0. The van der Waals surface area contributed by atoms with Gasteiger partial charge in [0.1, 0.15) is 12.2 Å². The van der Waals surface area contributed by atoms with Crippen LogP contribution in [-0.2, 0) is 13.6 Å². The summed E-state index contributed by atoms with van der Waals surface area (Å²) in [5, 5.41) is 0. The van der Waals surface area contributed by atoms with Crippen molar-refractivity contribution in [1.29, 1.82) is 0 Å². The van der Waals surface area contributed by atoms with Crippen LogP contribution in [0.25, 0.3) is 0 Å². The molecule has 0 fully saturated rings. The third kappa shape index (κ3) is 5.79. The molecule has 0 bridgehead atoms. The average Bonchev–Trinajstić information content (AvgIpc) is 2.15. The van der Waals surface area contributed by atoms with Gasteiger partial charge in [0.25, 0.3) is 0 Å². The Morgan fingerprint density at radius 1 is 1.31 bits per heavy atom. The molecule has 2 unspecified atom stereocenters. The van der Waals surface area contributed by atoms with Crippen LogP contribution in [0.2, 0.25) is 0 Å². The molecule has 0 N–H and O–H groups in total. The molecule has 0 aromatic heterocycles. The fraction of sp³-hybridized carbons (Fsp3) is 0.500. The predicted octanol–water partition coefficient (Wildman–Crippen LogP) is 2.83. The van der Waals surface area contributed by atoms with E-state index >= 15 is 0 Å². The first kappa shape index (κ1) is 15.0. The molecule has 0 aliphatic heterocycles. The molecule has 0 aromatic carbocycles. The highest BCUT2D eigenvalue weighted by atomic mass is 31.2. The lowest BCUT2D eigenvalue weighted by Gasteiger charge is -2.21. The van der Waals surface area contributed by atoms with Crippen molar-refractivity contribution < 1.29 is 13.6 Å². The molecule has 0 saturated heterocycles. The average molecular weight is 240 g/mol. The van der Waals surface area contributed by atoms with Crippen LogP contribution in [0, 0.1) is 24.7 Å².